The molecule has 0 saturated carbocycles. The lowest BCUT2D eigenvalue weighted by atomic mass is 10.0. The van der Waals surface area contributed by atoms with Crippen LogP contribution in [0.1, 0.15) is 30.4 Å². The molecular formula is C22H16Cl2F6N2O3. The average molecular weight is 541 g/mol. The third-order valence-corrected chi connectivity index (χ3v) is 5.67. The molecule has 1 aliphatic rings. The molecule has 0 radical (unpaired) electrons. The Hall–Kier alpha value is -2.79. The fourth-order valence-electron chi connectivity index (χ4n) is 3.44. The van der Waals surface area contributed by atoms with Crippen LogP contribution < -0.4 is 0 Å². The number of barbiturate groups is 1. The first kappa shape index (κ1) is 26.8. The van der Waals surface area contributed by atoms with Crippen LogP contribution >= 0.6 is 23.2 Å². The van der Waals surface area contributed by atoms with Crippen molar-refractivity contribution in [2.24, 2.45) is 0 Å². The number of urea groups is 1. The Balaban J connectivity index is 1.71. The Morgan fingerprint density at radius 1 is 0.686 bits per heavy atom. The van der Waals surface area contributed by atoms with E-state index < -0.39 is 84.8 Å². The van der Waals surface area contributed by atoms with E-state index in [0.717, 1.165) is 24.3 Å². The summed E-state index contributed by atoms with van der Waals surface area (Å²) in [5.41, 5.74) is -1.58. The second-order valence-corrected chi connectivity index (χ2v) is 8.65. The highest BCUT2D eigenvalue weighted by molar-refractivity contribution is 6.31. The fourth-order valence-corrected chi connectivity index (χ4v) is 3.89. The summed E-state index contributed by atoms with van der Waals surface area (Å²) in [6, 6.07) is 3.01. The molecule has 2 aromatic carbocycles. The van der Waals surface area contributed by atoms with Crippen molar-refractivity contribution in [1.82, 2.24) is 9.80 Å². The lowest BCUT2D eigenvalue weighted by Crippen LogP contribution is -2.56. The number of hydrogen-bond donors (Lipinski definition) is 0. The van der Waals surface area contributed by atoms with Gasteiger partial charge in [0.05, 0.1) is 0 Å². The van der Waals surface area contributed by atoms with Crippen LogP contribution in [0.2, 0.25) is 10.0 Å². The van der Waals surface area contributed by atoms with Crippen molar-refractivity contribution in [3.05, 3.63) is 69.2 Å². The molecule has 0 aromatic heterocycles. The second kappa shape index (κ2) is 10.1. The van der Waals surface area contributed by atoms with Gasteiger partial charge in [0.25, 0.3) is 11.8 Å². The summed E-state index contributed by atoms with van der Waals surface area (Å²) >= 11 is 11.2. The van der Waals surface area contributed by atoms with E-state index in [1.54, 1.807) is 0 Å². The van der Waals surface area contributed by atoms with Gasteiger partial charge in [-0.2, -0.15) is 0 Å². The minimum Gasteiger partial charge on any atom is -0.274 e. The second-order valence-electron chi connectivity index (χ2n) is 7.78. The van der Waals surface area contributed by atoms with E-state index in [9.17, 15) is 40.7 Å². The molecule has 1 aliphatic heterocycles. The molecule has 0 spiro atoms. The number of benzene rings is 2. The van der Waals surface area contributed by atoms with Crippen LogP contribution in [0.5, 0.6) is 0 Å². The topological polar surface area (TPSA) is 57.7 Å². The van der Waals surface area contributed by atoms with Crippen LogP contribution in [-0.4, -0.2) is 40.7 Å². The molecule has 0 aliphatic carbocycles. The molecule has 4 amide bonds. The minimum atomic E-state index is -3.71. The molecule has 35 heavy (non-hydrogen) atoms. The number of alkyl halides is 4. The number of hydrogen-bond acceptors (Lipinski definition) is 3. The molecular weight excluding hydrogens is 525 g/mol. The predicted molar refractivity (Wildman–Crippen MR) is 113 cm³/mol. The molecule has 2 aromatic rings. The number of rotatable bonds is 8. The molecule has 1 heterocycles. The van der Waals surface area contributed by atoms with Crippen LogP contribution in [0.3, 0.4) is 0 Å². The first-order valence-corrected chi connectivity index (χ1v) is 10.8. The van der Waals surface area contributed by atoms with Gasteiger partial charge in [0, 0.05) is 47.1 Å². The van der Waals surface area contributed by atoms with Gasteiger partial charge in [-0.15, -0.1) is 0 Å². The number of nitrogens with zero attached hydrogens (tertiary/aromatic N) is 2. The minimum absolute atomic E-state index is 0.290. The van der Waals surface area contributed by atoms with E-state index in [-0.39, 0.29) is 10.0 Å². The number of halogens is 8. The van der Waals surface area contributed by atoms with Crippen molar-refractivity contribution in [2.45, 2.75) is 31.1 Å². The van der Waals surface area contributed by atoms with Gasteiger partial charge in [-0.3, -0.25) is 19.4 Å². The van der Waals surface area contributed by atoms with Gasteiger partial charge in [-0.25, -0.2) is 31.1 Å². The molecule has 0 bridgehead atoms. The maximum atomic E-state index is 14.6. The molecule has 1 saturated heterocycles. The van der Waals surface area contributed by atoms with Crippen molar-refractivity contribution >= 4 is 41.0 Å². The zero-order valence-corrected chi connectivity index (χ0v) is 19.2. The lowest BCUT2D eigenvalue weighted by Gasteiger charge is -2.34. The Bertz CT molecular complexity index is 1050. The summed E-state index contributed by atoms with van der Waals surface area (Å²) in [6.45, 7) is -1.75. The summed E-state index contributed by atoms with van der Waals surface area (Å²) in [5, 5.41) is -0.579. The van der Waals surface area contributed by atoms with E-state index in [1.165, 1.54) is 0 Å². The van der Waals surface area contributed by atoms with Crippen LogP contribution in [0.25, 0.3) is 0 Å². The molecule has 13 heteroatoms. The van der Waals surface area contributed by atoms with Crippen LogP contribution in [0.4, 0.5) is 31.1 Å². The Morgan fingerprint density at radius 3 is 1.40 bits per heavy atom. The van der Waals surface area contributed by atoms with Crippen molar-refractivity contribution in [2.75, 3.05) is 13.1 Å². The summed E-state index contributed by atoms with van der Waals surface area (Å²) in [7, 11) is 0. The van der Waals surface area contributed by atoms with E-state index in [2.05, 4.69) is 0 Å². The molecule has 188 valence electrons. The van der Waals surface area contributed by atoms with Crippen molar-refractivity contribution < 1.29 is 40.7 Å². The van der Waals surface area contributed by atoms with Gasteiger partial charge < -0.3 is 0 Å². The van der Waals surface area contributed by atoms with Crippen LogP contribution in [-0.2, 0) is 21.4 Å². The Kier molecular flexibility index (Phi) is 7.71. The van der Waals surface area contributed by atoms with Gasteiger partial charge in [0.15, 0.2) is 0 Å². The van der Waals surface area contributed by atoms with Crippen molar-refractivity contribution in [3.63, 3.8) is 0 Å². The smallest absolute Gasteiger partial charge is 0.274 e. The maximum absolute atomic E-state index is 14.6. The Labute approximate surface area is 205 Å². The zero-order chi connectivity index (χ0) is 26.1. The summed E-state index contributed by atoms with van der Waals surface area (Å²) in [4.78, 5) is 37.6. The monoisotopic (exact) mass is 540 g/mol. The lowest BCUT2D eigenvalue weighted by molar-refractivity contribution is -0.143. The van der Waals surface area contributed by atoms with Crippen molar-refractivity contribution in [3.8, 4) is 0 Å². The number of imide groups is 2. The normalized spacial score (nSPS) is 15.3. The highest BCUT2D eigenvalue weighted by Gasteiger charge is 2.42. The maximum Gasteiger partial charge on any atom is 0.333 e. The molecule has 0 unspecified atom stereocenters. The van der Waals surface area contributed by atoms with Gasteiger partial charge in [0.1, 0.15) is 18.1 Å². The molecule has 3 rings (SSSR count). The first-order valence-electron chi connectivity index (χ1n) is 10.0. The van der Waals surface area contributed by atoms with Gasteiger partial charge >= 0.3 is 6.03 Å². The SMILES string of the molecule is O=C1CC(=O)N(CCC(F)(F)c2cc(F)cc(Cl)c2)C(=O)N1CCC(F)(F)c1cc(F)cc(Cl)c1. The molecule has 5 nitrogen and oxygen atoms in total. The molecule has 0 atom stereocenters. The average Bonchev–Trinajstić information content (AvgIpc) is 2.71. The van der Waals surface area contributed by atoms with Crippen molar-refractivity contribution in [1.29, 1.82) is 0 Å². The van der Waals surface area contributed by atoms with Gasteiger partial charge in [-0.1, -0.05) is 23.2 Å². The number of carbonyl (C=O) groups excluding carboxylic acids is 3. The zero-order valence-electron chi connectivity index (χ0n) is 17.6. The van der Waals surface area contributed by atoms with Crippen LogP contribution in [0, 0.1) is 11.6 Å². The molecule has 0 N–H and O–H groups in total. The number of carbonyl (C=O) groups is 3. The van der Waals surface area contributed by atoms with Gasteiger partial charge in [0.2, 0.25) is 11.8 Å². The van der Waals surface area contributed by atoms with E-state index in [0.29, 0.717) is 21.9 Å². The van der Waals surface area contributed by atoms with Crippen LogP contribution in [0.15, 0.2) is 36.4 Å². The van der Waals surface area contributed by atoms with E-state index >= 15 is 0 Å². The van der Waals surface area contributed by atoms with E-state index in [4.69, 9.17) is 23.2 Å². The largest absolute Gasteiger partial charge is 0.333 e. The summed E-state index contributed by atoms with van der Waals surface area (Å²) < 4.78 is 85.1. The quantitative estimate of drug-likeness (QED) is 0.299. The third-order valence-electron chi connectivity index (χ3n) is 5.23. The summed E-state index contributed by atoms with van der Waals surface area (Å²) in [5.74, 6) is -11.6. The highest BCUT2D eigenvalue weighted by Crippen LogP contribution is 2.36. The highest BCUT2D eigenvalue weighted by atomic mass is 35.5. The fraction of sp³-hybridized carbons (Fsp3) is 0.318. The number of amides is 4. The standard InChI is InChI=1S/C22H16Cl2F6N2O3/c23-14-5-12(7-16(25)9-14)21(27,28)1-3-31-18(33)11-19(34)32(20(31)35)4-2-22(29,30)13-6-15(24)10-17(26)8-13/h5-10H,1-4,11H2. The molecule has 1 fully saturated rings. The Morgan fingerprint density at radius 2 is 1.06 bits per heavy atom. The summed E-state index contributed by atoms with van der Waals surface area (Å²) in [6.07, 6.45) is -3.17. The van der Waals surface area contributed by atoms with E-state index in [1.807, 2.05) is 0 Å². The predicted octanol–water partition coefficient (Wildman–Crippen LogP) is 6.12. The third kappa shape index (κ3) is 6.26. The van der Waals surface area contributed by atoms with Gasteiger partial charge in [-0.05, 0) is 36.4 Å². The first-order chi connectivity index (χ1) is 16.2.